The Morgan fingerprint density at radius 1 is 1.13 bits per heavy atom. The van der Waals surface area contributed by atoms with E-state index < -0.39 is 57.5 Å². The molecule has 2 aliphatic heterocycles. The van der Waals surface area contributed by atoms with Crippen LogP contribution in [0.1, 0.15) is 22.8 Å². The number of benzene rings is 1. The van der Waals surface area contributed by atoms with Gasteiger partial charge in [0.25, 0.3) is 5.91 Å². The van der Waals surface area contributed by atoms with Crippen molar-refractivity contribution in [3.05, 3.63) is 46.7 Å². The molecule has 2 atom stereocenters. The molecule has 1 fully saturated rings. The van der Waals surface area contributed by atoms with Crippen LogP contribution in [0.15, 0.2) is 35.5 Å². The van der Waals surface area contributed by atoms with Crippen molar-refractivity contribution in [1.82, 2.24) is 4.90 Å². The van der Waals surface area contributed by atoms with E-state index in [1.807, 2.05) is 0 Å². The highest BCUT2D eigenvalue weighted by atomic mass is 32.2. The van der Waals surface area contributed by atoms with Gasteiger partial charge < -0.3 is 19.3 Å². The van der Waals surface area contributed by atoms with Crippen LogP contribution in [0, 0.1) is 0 Å². The van der Waals surface area contributed by atoms with Crippen molar-refractivity contribution in [2.45, 2.75) is 25.0 Å². The van der Waals surface area contributed by atoms with Crippen molar-refractivity contribution in [3.8, 4) is 0 Å². The zero-order valence-electron chi connectivity index (χ0n) is 16.6. The molecule has 0 aromatic heterocycles. The van der Waals surface area contributed by atoms with Crippen LogP contribution in [0.3, 0.4) is 0 Å². The maximum Gasteiger partial charge on any atom is 0.355 e. The Morgan fingerprint density at radius 2 is 1.77 bits per heavy atom. The van der Waals surface area contributed by atoms with Gasteiger partial charge in [-0.1, -0.05) is 12.1 Å². The number of hydrogen-bond donors (Lipinski definition) is 1. The normalized spacial score (nSPS) is 21.7. The lowest BCUT2D eigenvalue weighted by atomic mass is 10.1. The molecule has 1 aromatic rings. The molecule has 3 rings (SSSR count). The summed E-state index contributed by atoms with van der Waals surface area (Å²) in [7, 11) is -2.71. The first-order valence-corrected chi connectivity index (χ1v) is 10.7. The van der Waals surface area contributed by atoms with Crippen LogP contribution < -0.4 is 0 Å². The lowest BCUT2D eigenvalue weighted by Crippen LogP contribution is -2.70. The molecule has 1 N–H and O–H groups in total. The number of amides is 1. The van der Waals surface area contributed by atoms with Gasteiger partial charge in [-0.25, -0.2) is 18.0 Å². The smallest absolute Gasteiger partial charge is 0.355 e. The summed E-state index contributed by atoms with van der Waals surface area (Å²) in [4.78, 5) is 48.1. The molecule has 0 spiro atoms. The standard InChI is InChI=1S/C19H19NO10S/c1-10(21)29-8-13-9-31(26,27)17-15(28-2)16(22)20(17)14(13)19(25)30-7-11-3-5-12(6-4-11)18(23)24/h3-6,15,17H,7-9H2,1-2H3,(H,23,24)/t15-,17+/m0/s1. The highest BCUT2D eigenvalue weighted by Crippen LogP contribution is 2.38. The maximum absolute atomic E-state index is 12.8. The predicted molar refractivity (Wildman–Crippen MR) is 102 cm³/mol. The molecule has 31 heavy (non-hydrogen) atoms. The number of aromatic carboxylic acids is 1. The molecule has 1 aromatic carbocycles. The number of fused-ring (bicyclic) bond motifs is 1. The lowest BCUT2D eigenvalue weighted by Gasteiger charge is -2.48. The average Bonchev–Trinajstić information content (AvgIpc) is 2.70. The Kier molecular flexibility index (Phi) is 6.13. The molecular weight excluding hydrogens is 434 g/mol. The number of ether oxygens (including phenoxy) is 3. The first-order valence-electron chi connectivity index (χ1n) is 8.99. The minimum Gasteiger partial charge on any atom is -0.478 e. The summed E-state index contributed by atoms with van der Waals surface area (Å²) in [6.45, 7) is 0.367. The van der Waals surface area contributed by atoms with Gasteiger partial charge in [-0.3, -0.25) is 14.5 Å². The number of rotatable bonds is 7. The van der Waals surface area contributed by atoms with Crippen LogP contribution in [0.4, 0.5) is 0 Å². The Morgan fingerprint density at radius 3 is 2.32 bits per heavy atom. The first-order chi connectivity index (χ1) is 14.6. The molecule has 0 aliphatic carbocycles. The van der Waals surface area contributed by atoms with E-state index in [-0.39, 0.29) is 23.4 Å². The summed E-state index contributed by atoms with van der Waals surface area (Å²) < 4.78 is 40.2. The lowest BCUT2D eigenvalue weighted by molar-refractivity contribution is -0.164. The van der Waals surface area contributed by atoms with Gasteiger partial charge in [-0.05, 0) is 17.7 Å². The molecule has 2 aliphatic rings. The Balaban J connectivity index is 1.87. The van der Waals surface area contributed by atoms with E-state index in [1.165, 1.54) is 31.4 Å². The van der Waals surface area contributed by atoms with Crippen LogP contribution in [-0.4, -0.2) is 73.2 Å². The van der Waals surface area contributed by atoms with Gasteiger partial charge in [0, 0.05) is 19.6 Å². The quantitative estimate of drug-likeness (QED) is 0.436. The molecular formula is C19H19NO10S. The van der Waals surface area contributed by atoms with E-state index in [4.69, 9.17) is 19.3 Å². The predicted octanol–water partition coefficient (Wildman–Crippen LogP) is -0.143. The van der Waals surface area contributed by atoms with Crippen molar-refractivity contribution in [2.75, 3.05) is 19.5 Å². The number of hydrogen-bond acceptors (Lipinski definition) is 9. The average molecular weight is 453 g/mol. The maximum atomic E-state index is 12.8. The fraction of sp³-hybridized carbons (Fsp3) is 0.368. The van der Waals surface area contributed by atoms with Gasteiger partial charge in [-0.15, -0.1) is 0 Å². The van der Waals surface area contributed by atoms with Gasteiger partial charge >= 0.3 is 17.9 Å². The number of carboxylic acid groups (broad SMARTS) is 1. The SMILES string of the molecule is CO[C@H]1C(=O)N2C(C(=O)OCc3ccc(C(=O)O)cc3)=C(COC(C)=O)CS(=O)(=O)[C@H]12. The zero-order valence-corrected chi connectivity index (χ0v) is 17.4. The number of methoxy groups -OCH3 is 1. The van der Waals surface area contributed by atoms with Crippen molar-refractivity contribution in [3.63, 3.8) is 0 Å². The molecule has 11 nitrogen and oxygen atoms in total. The molecule has 2 heterocycles. The van der Waals surface area contributed by atoms with E-state index >= 15 is 0 Å². The van der Waals surface area contributed by atoms with E-state index in [0.717, 1.165) is 11.8 Å². The molecule has 166 valence electrons. The van der Waals surface area contributed by atoms with Crippen LogP contribution in [0.2, 0.25) is 0 Å². The number of carbonyl (C=O) groups is 4. The van der Waals surface area contributed by atoms with E-state index in [2.05, 4.69) is 0 Å². The number of carboxylic acids is 1. The van der Waals surface area contributed by atoms with Crippen molar-refractivity contribution in [1.29, 1.82) is 0 Å². The van der Waals surface area contributed by atoms with Crippen molar-refractivity contribution < 1.29 is 46.9 Å². The number of nitrogens with zero attached hydrogens (tertiary/aromatic N) is 1. The Labute approximate surface area is 177 Å². The number of sulfone groups is 1. The van der Waals surface area contributed by atoms with Crippen LogP contribution in [0.5, 0.6) is 0 Å². The summed E-state index contributed by atoms with van der Waals surface area (Å²) in [5, 5.41) is 7.56. The molecule has 0 radical (unpaired) electrons. The Bertz CT molecular complexity index is 1070. The van der Waals surface area contributed by atoms with Gasteiger partial charge in [-0.2, -0.15) is 0 Å². The minimum atomic E-state index is -3.89. The third-order valence-corrected chi connectivity index (χ3v) is 6.73. The van der Waals surface area contributed by atoms with Gasteiger partial charge in [0.2, 0.25) is 0 Å². The molecule has 0 saturated carbocycles. The van der Waals surface area contributed by atoms with E-state index in [1.54, 1.807) is 0 Å². The second kappa shape index (κ2) is 8.47. The number of β-lactam (4-membered cyclic amide) rings is 1. The highest BCUT2D eigenvalue weighted by Gasteiger charge is 2.60. The van der Waals surface area contributed by atoms with Gasteiger partial charge in [0.1, 0.15) is 18.9 Å². The summed E-state index contributed by atoms with van der Waals surface area (Å²) >= 11 is 0. The van der Waals surface area contributed by atoms with Crippen molar-refractivity contribution >= 4 is 33.7 Å². The third kappa shape index (κ3) is 4.30. The molecule has 1 saturated heterocycles. The summed E-state index contributed by atoms with van der Waals surface area (Å²) in [5.41, 5.74) is 0.144. The van der Waals surface area contributed by atoms with Crippen LogP contribution >= 0.6 is 0 Å². The topological polar surface area (TPSA) is 154 Å². The van der Waals surface area contributed by atoms with Gasteiger partial charge in [0.05, 0.1) is 11.3 Å². The largest absolute Gasteiger partial charge is 0.478 e. The first kappa shape index (κ1) is 22.4. The second-order valence-electron chi connectivity index (χ2n) is 6.87. The monoisotopic (exact) mass is 453 g/mol. The fourth-order valence-corrected chi connectivity index (χ4v) is 5.32. The van der Waals surface area contributed by atoms with Crippen molar-refractivity contribution in [2.24, 2.45) is 0 Å². The molecule has 1 amide bonds. The second-order valence-corrected chi connectivity index (χ2v) is 8.97. The minimum absolute atomic E-state index is 0.0542. The van der Waals surface area contributed by atoms with Crippen LogP contribution in [-0.2, 0) is 45.0 Å². The molecule has 0 unspecified atom stereocenters. The molecule has 12 heteroatoms. The summed E-state index contributed by atoms with van der Waals surface area (Å²) in [5.74, 6) is -4.11. The summed E-state index contributed by atoms with van der Waals surface area (Å²) in [6.07, 6.45) is -1.24. The number of carbonyl (C=O) groups excluding carboxylic acids is 3. The summed E-state index contributed by atoms with van der Waals surface area (Å²) in [6, 6.07) is 5.58. The van der Waals surface area contributed by atoms with E-state index in [0.29, 0.717) is 5.56 Å². The van der Waals surface area contributed by atoms with Crippen LogP contribution in [0.25, 0.3) is 0 Å². The molecule has 0 bridgehead atoms. The van der Waals surface area contributed by atoms with Gasteiger partial charge in [0.15, 0.2) is 21.3 Å². The third-order valence-electron chi connectivity index (χ3n) is 4.78. The fourth-order valence-electron chi connectivity index (χ4n) is 3.31. The highest BCUT2D eigenvalue weighted by molar-refractivity contribution is 7.92. The Hall–Kier alpha value is -3.25. The zero-order chi connectivity index (χ0) is 22.9. The van der Waals surface area contributed by atoms with E-state index in [9.17, 15) is 27.6 Å². The number of esters is 2.